The highest BCUT2D eigenvalue weighted by atomic mass is 16.2. The lowest BCUT2D eigenvalue weighted by molar-refractivity contribution is -0.134. The van der Waals surface area contributed by atoms with Crippen LogP contribution in [0, 0.1) is 0 Å². The highest BCUT2D eigenvalue weighted by molar-refractivity contribution is 6.00. The molecule has 0 bridgehead atoms. The monoisotopic (exact) mass is 208 g/mol. The predicted octanol–water partition coefficient (Wildman–Crippen LogP) is -0.695. The highest BCUT2D eigenvalue weighted by Crippen LogP contribution is 2.04. The molecule has 3 N–H and O–H groups in total. The van der Waals surface area contributed by atoms with E-state index in [0.29, 0.717) is 19.4 Å². The average molecular weight is 208 g/mol. The third-order valence-corrected chi connectivity index (χ3v) is 2.33. The largest absolute Gasteiger partial charge is 0.347 e. The summed E-state index contributed by atoms with van der Waals surface area (Å²) in [6, 6.07) is -0.286. The molecule has 80 valence electrons. The maximum atomic E-state index is 11.3. The number of hydrogen-bond donors (Lipinski definition) is 3. The topological polar surface area (TPSA) is 86.9 Å². The standard InChI is InChI=1S/C9H12N4O2/c14-8-2-1-7(9(15)13-8)11-4-6-3-10-5-12-6/h3,5,7,11H,1-2,4H2,(H,10,12)(H,13,14,15). The number of nitrogens with one attached hydrogen (secondary N) is 3. The van der Waals surface area contributed by atoms with Crippen LogP contribution in [0.25, 0.3) is 0 Å². The van der Waals surface area contributed by atoms with Gasteiger partial charge in [0.15, 0.2) is 0 Å². The lowest BCUT2D eigenvalue weighted by Gasteiger charge is -2.21. The van der Waals surface area contributed by atoms with Gasteiger partial charge in [-0.05, 0) is 6.42 Å². The van der Waals surface area contributed by atoms with Gasteiger partial charge in [-0.15, -0.1) is 0 Å². The van der Waals surface area contributed by atoms with Crippen molar-refractivity contribution in [3.63, 3.8) is 0 Å². The number of piperidine rings is 1. The van der Waals surface area contributed by atoms with E-state index in [2.05, 4.69) is 20.6 Å². The molecule has 0 saturated carbocycles. The molecule has 2 rings (SSSR count). The second-order valence-electron chi connectivity index (χ2n) is 3.46. The molecule has 6 heteroatoms. The van der Waals surface area contributed by atoms with Crippen LogP contribution in [0.1, 0.15) is 18.5 Å². The molecule has 1 atom stereocenters. The molecule has 1 aromatic heterocycles. The number of aromatic amines is 1. The van der Waals surface area contributed by atoms with E-state index in [4.69, 9.17) is 0 Å². The first-order valence-corrected chi connectivity index (χ1v) is 4.80. The van der Waals surface area contributed by atoms with E-state index in [1.165, 1.54) is 0 Å². The van der Waals surface area contributed by atoms with Crippen LogP contribution in [0.15, 0.2) is 12.5 Å². The summed E-state index contributed by atoms with van der Waals surface area (Å²) < 4.78 is 0. The van der Waals surface area contributed by atoms with Gasteiger partial charge in [0.1, 0.15) is 0 Å². The molecule has 1 fully saturated rings. The number of imide groups is 1. The maximum Gasteiger partial charge on any atom is 0.243 e. The smallest absolute Gasteiger partial charge is 0.243 e. The van der Waals surface area contributed by atoms with Crippen LogP contribution in [-0.4, -0.2) is 27.8 Å². The fraction of sp³-hybridized carbons (Fsp3) is 0.444. The van der Waals surface area contributed by atoms with Crippen molar-refractivity contribution in [2.75, 3.05) is 0 Å². The molecular weight excluding hydrogens is 196 g/mol. The number of hydrogen-bond acceptors (Lipinski definition) is 4. The zero-order valence-electron chi connectivity index (χ0n) is 8.12. The second kappa shape index (κ2) is 4.22. The van der Waals surface area contributed by atoms with E-state index in [-0.39, 0.29) is 17.9 Å². The minimum Gasteiger partial charge on any atom is -0.347 e. The summed E-state index contributed by atoms with van der Waals surface area (Å²) in [7, 11) is 0. The van der Waals surface area contributed by atoms with Crippen LogP contribution < -0.4 is 10.6 Å². The average Bonchev–Trinajstić information content (AvgIpc) is 2.69. The Morgan fingerprint density at radius 1 is 1.53 bits per heavy atom. The van der Waals surface area contributed by atoms with E-state index in [0.717, 1.165) is 5.69 Å². The zero-order chi connectivity index (χ0) is 10.7. The Bertz CT molecular complexity index is 360. The van der Waals surface area contributed by atoms with Crippen molar-refractivity contribution < 1.29 is 9.59 Å². The fourth-order valence-electron chi connectivity index (χ4n) is 1.50. The van der Waals surface area contributed by atoms with Gasteiger partial charge in [-0.25, -0.2) is 4.98 Å². The van der Waals surface area contributed by atoms with Gasteiger partial charge in [-0.2, -0.15) is 0 Å². The highest BCUT2D eigenvalue weighted by Gasteiger charge is 2.25. The molecule has 1 saturated heterocycles. The first-order chi connectivity index (χ1) is 7.25. The summed E-state index contributed by atoms with van der Waals surface area (Å²) >= 11 is 0. The Morgan fingerprint density at radius 3 is 3.07 bits per heavy atom. The minimum atomic E-state index is -0.286. The van der Waals surface area contributed by atoms with E-state index < -0.39 is 0 Å². The third-order valence-electron chi connectivity index (χ3n) is 2.33. The maximum absolute atomic E-state index is 11.3. The van der Waals surface area contributed by atoms with Crippen LogP contribution >= 0.6 is 0 Å². The summed E-state index contributed by atoms with van der Waals surface area (Å²) in [6.07, 6.45) is 4.23. The summed E-state index contributed by atoms with van der Waals surface area (Å²) in [5, 5.41) is 5.35. The number of imidazole rings is 1. The predicted molar refractivity (Wildman–Crippen MR) is 51.6 cm³/mol. The van der Waals surface area contributed by atoms with Crippen molar-refractivity contribution in [1.29, 1.82) is 0 Å². The lowest BCUT2D eigenvalue weighted by Crippen LogP contribution is -2.50. The van der Waals surface area contributed by atoms with E-state index >= 15 is 0 Å². The first kappa shape index (κ1) is 9.85. The number of rotatable bonds is 3. The van der Waals surface area contributed by atoms with Crippen molar-refractivity contribution in [3.8, 4) is 0 Å². The van der Waals surface area contributed by atoms with Gasteiger partial charge in [-0.3, -0.25) is 14.9 Å². The van der Waals surface area contributed by atoms with Gasteiger partial charge in [0.25, 0.3) is 0 Å². The number of aromatic nitrogens is 2. The summed E-state index contributed by atoms with van der Waals surface area (Å²) in [6.45, 7) is 0.548. The molecule has 0 aliphatic carbocycles. The van der Waals surface area contributed by atoms with E-state index in [1.807, 2.05) is 0 Å². The van der Waals surface area contributed by atoms with Crippen molar-refractivity contribution in [2.24, 2.45) is 0 Å². The summed E-state index contributed by atoms with van der Waals surface area (Å²) in [5.74, 6) is -0.439. The number of carbonyl (C=O) groups is 2. The fourth-order valence-corrected chi connectivity index (χ4v) is 1.50. The van der Waals surface area contributed by atoms with Crippen LogP contribution in [-0.2, 0) is 16.1 Å². The molecule has 0 spiro atoms. The summed E-state index contributed by atoms with van der Waals surface area (Å²) in [5.41, 5.74) is 0.916. The molecule has 0 radical (unpaired) electrons. The van der Waals surface area contributed by atoms with Gasteiger partial charge in [0.05, 0.1) is 12.4 Å². The van der Waals surface area contributed by atoms with Crippen LogP contribution in [0.4, 0.5) is 0 Å². The summed E-state index contributed by atoms with van der Waals surface area (Å²) in [4.78, 5) is 29.0. The number of carbonyl (C=O) groups excluding carboxylic acids is 2. The van der Waals surface area contributed by atoms with Gasteiger partial charge >= 0.3 is 0 Å². The van der Waals surface area contributed by atoms with Crippen LogP contribution in [0.3, 0.4) is 0 Å². The normalized spacial score (nSPS) is 21.5. The SMILES string of the molecule is O=C1CCC(NCc2cnc[nH]2)C(=O)N1. The molecular formula is C9H12N4O2. The van der Waals surface area contributed by atoms with Gasteiger partial charge < -0.3 is 10.3 Å². The van der Waals surface area contributed by atoms with Crippen molar-refractivity contribution in [3.05, 3.63) is 18.2 Å². The Labute approximate surface area is 86.5 Å². The van der Waals surface area contributed by atoms with E-state index in [1.54, 1.807) is 12.5 Å². The Morgan fingerprint density at radius 2 is 2.40 bits per heavy atom. The van der Waals surface area contributed by atoms with Gasteiger partial charge in [-0.1, -0.05) is 0 Å². The van der Waals surface area contributed by atoms with Gasteiger partial charge in [0.2, 0.25) is 11.8 Å². The third kappa shape index (κ3) is 2.41. The first-order valence-electron chi connectivity index (χ1n) is 4.80. The van der Waals surface area contributed by atoms with Crippen molar-refractivity contribution in [1.82, 2.24) is 20.6 Å². The molecule has 0 aromatic carbocycles. The number of H-pyrrole nitrogens is 1. The second-order valence-corrected chi connectivity index (χ2v) is 3.46. The molecule has 15 heavy (non-hydrogen) atoms. The molecule has 1 aliphatic heterocycles. The molecule has 6 nitrogen and oxygen atoms in total. The lowest BCUT2D eigenvalue weighted by atomic mass is 10.1. The number of nitrogens with zero attached hydrogens (tertiary/aromatic N) is 1. The van der Waals surface area contributed by atoms with E-state index in [9.17, 15) is 9.59 Å². The molecule has 2 amide bonds. The quantitative estimate of drug-likeness (QED) is 0.573. The molecule has 2 heterocycles. The Hall–Kier alpha value is -1.69. The minimum absolute atomic E-state index is 0.195. The van der Waals surface area contributed by atoms with Crippen LogP contribution in [0.2, 0.25) is 0 Å². The Kier molecular flexibility index (Phi) is 2.77. The Balaban J connectivity index is 1.85. The van der Waals surface area contributed by atoms with Gasteiger partial charge in [0, 0.05) is 24.9 Å². The molecule has 1 aliphatic rings. The number of amides is 2. The van der Waals surface area contributed by atoms with Crippen molar-refractivity contribution in [2.45, 2.75) is 25.4 Å². The van der Waals surface area contributed by atoms with Crippen molar-refractivity contribution >= 4 is 11.8 Å². The van der Waals surface area contributed by atoms with Crippen LogP contribution in [0.5, 0.6) is 0 Å². The molecule has 1 unspecified atom stereocenters. The molecule has 1 aromatic rings. The zero-order valence-corrected chi connectivity index (χ0v) is 8.12.